The lowest BCUT2D eigenvalue weighted by Gasteiger charge is -2.19. The Morgan fingerprint density at radius 2 is 1.71 bits per heavy atom. The van der Waals surface area contributed by atoms with Crippen molar-refractivity contribution in [2.75, 3.05) is 23.3 Å². The maximum atomic E-state index is 13.1. The summed E-state index contributed by atoms with van der Waals surface area (Å²) in [6, 6.07) is 21.1. The Balaban J connectivity index is 1.46. The fourth-order valence-electron chi connectivity index (χ4n) is 3.55. The first-order valence-electron chi connectivity index (χ1n) is 9.82. The van der Waals surface area contributed by atoms with Gasteiger partial charge in [0.25, 0.3) is 10.0 Å². The number of fused-ring (bicyclic) bond motifs is 1. The molecule has 0 saturated heterocycles. The minimum Gasteiger partial charge on any atom is -0.496 e. The van der Waals surface area contributed by atoms with E-state index in [1.54, 1.807) is 25.3 Å². The van der Waals surface area contributed by atoms with Gasteiger partial charge in [0.2, 0.25) is 5.91 Å². The van der Waals surface area contributed by atoms with Crippen LogP contribution in [0, 0.1) is 0 Å². The summed E-state index contributed by atoms with van der Waals surface area (Å²) in [6.45, 7) is 0.425. The molecule has 1 amide bonds. The largest absolute Gasteiger partial charge is 0.496 e. The second-order valence-electron chi connectivity index (χ2n) is 7.04. The highest BCUT2D eigenvalue weighted by molar-refractivity contribution is 7.92. The molecule has 6 nitrogen and oxygen atoms in total. The Bertz CT molecular complexity index is 1230. The monoisotopic (exact) mass is 434 g/mol. The molecule has 0 atom stereocenters. The Hall–Kier alpha value is -3.58. The van der Waals surface area contributed by atoms with Crippen LogP contribution in [0.4, 0.5) is 11.4 Å². The van der Waals surface area contributed by atoms with E-state index >= 15 is 0 Å². The van der Waals surface area contributed by atoms with Gasteiger partial charge < -0.3 is 10.1 Å². The number of carbonyl (C=O) groups excluding carboxylic acids is 1. The molecule has 1 aliphatic heterocycles. The maximum Gasteiger partial charge on any atom is 0.264 e. The van der Waals surface area contributed by atoms with Crippen LogP contribution in [0.1, 0.15) is 11.1 Å². The van der Waals surface area contributed by atoms with Gasteiger partial charge in [-0.2, -0.15) is 0 Å². The first-order chi connectivity index (χ1) is 15.0. The van der Waals surface area contributed by atoms with Gasteiger partial charge in [0, 0.05) is 23.9 Å². The molecule has 7 heteroatoms. The number of carbonyl (C=O) groups is 1. The predicted molar refractivity (Wildman–Crippen MR) is 122 cm³/mol. The number of anilines is 2. The van der Waals surface area contributed by atoms with E-state index in [0.29, 0.717) is 24.4 Å². The van der Waals surface area contributed by atoms with Gasteiger partial charge in [-0.1, -0.05) is 36.4 Å². The molecular weight excluding hydrogens is 412 g/mol. The molecule has 0 radical (unpaired) electrons. The zero-order chi connectivity index (χ0) is 21.8. The smallest absolute Gasteiger partial charge is 0.264 e. The van der Waals surface area contributed by atoms with E-state index < -0.39 is 10.0 Å². The molecule has 158 valence electrons. The number of nitrogens with zero attached hydrogens (tertiary/aromatic N) is 1. The van der Waals surface area contributed by atoms with Crippen molar-refractivity contribution in [2.45, 2.75) is 11.3 Å². The van der Waals surface area contributed by atoms with Crippen LogP contribution in [0.15, 0.2) is 83.8 Å². The molecule has 1 aliphatic rings. The van der Waals surface area contributed by atoms with E-state index in [0.717, 1.165) is 16.8 Å². The number of amides is 1. The van der Waals surface area contributed by atoms with Gasteiger partial charge >= 0.3 is 0 Å². The number of sulfonamides is 1. The highest BCUT2D eigenvalue weighted by Gasteiger charge is 2.30. The third-order valence-electron chi connectivity index (χ3n) is 5.11. The molecular formula is C24H22N2O4S. The second-order valence-corrected chi connectivity index (χ2v) is 8.91. The summed E-state index contributed by atoms with van der Waals surface area (Å²) in [5.74, 6) is 0.347. The van der Waals surface area contributed by atoms with Crippen LogP contribution in [-0.2, 0) is 21.2 Å². The standard InChI is InChI=1S/C24H22N2O4S/c1-30-23-9-5-3-7-19(23)10-15-24(27)25-20-11-13-21(14-12-20)31(28,29)26-17-16-18-6-2-4-8-22(18)26/h2-15H,16-17H2,1H3,(H,25,27)/b15-10+. The molecule has 0 bridgehead atoms. The molecule has 3 aromatic carbocycles. The number of methoxy groups -OCH3 is 1. The zero-order valence-electron chi connectivity index (χ0n) is 17.0. The van der Waals surface area contributed by atoms with Crippen molar-refractivity contribution in [2.24, 2.45) is 0 Å². The Kier molecular flexibility index (Phi) is 5.77. The summed E-state index contributed by atoms with van der Waals surface area (Å²) in [5.41, 5.74) is 3.04. The normalized spacial score (nSPS) is 13.3. The fourth-order valence-corrected chi connectivity index (χ4v) is 5.05. The van der Waals surface area contributed by atoms with Crippen molar-refractivity contribution in [3.8, 4) is 5.75 Å². The molecule has 0 unspecified atom stereocenters. The number of para-hydroxylation sites is 2. The van der Waals surface area contributed by atoms with Crippen molar-refractivity contribution >= 4 is 33.4 Å². The number of benzene rings is 3. The molecule has 0 fully saturated rings. The molecule has 1 heterocycles. The van der Waals surface area contributed by atoms with Crippen LogP contribution in [0.3, 0.4) is 0 Å². The van der Waals surface area contributed by atoms with Gasteiger partial charge in [-0.3, -0.25) is 9.10 Å². The maximum absolute atomic E-state index is 13.1. The topological polar surface area (TPSA) is 75.7 Å². The Labute approximate surface area is 181 Å². The van der Waals surface area contributed by atoms with E-state index in [9.17, 15) is 13.2 Å². The molecule has 0 saturated carbocycles. The number of hydrogen-bond acceptors (Lipinski definition) is 4. The van der Waals surface area contributed by atoms with Crippen molar-refractivity contribution in [1.29, 1.82) is 0 Å². The molecule has 0 aliphatic carbocycles. The number of ether oxygens (including phenoxy) is 1. The van der Waals surface area contributed by atoms with Crippen LogP contribution in [-0.4, -0.2) is 28.0 Å². The van der Waals surface area contributed by atoms with Crippen LogP contribution < -0.4 is 14.4 Å². The van der Waals surface area contributed by atoms with Crippen LogP contribution in [0.2, 0.25) is 0 Å². The fraction of sp³-hybridized carbons (Fsp3) is 0.125. The number of nitrogens with one attached hydrogen (secondary N) is 1. The summed E-state index contributed by atoms with van der Waals surface area (Å²) < 4.78 is 32.8. The number of rotatable bonds is 6. The van der Waals surface area contributed by atoms with Crippen molar-refractivity contribution in [1.82, 2.24) is 0 Å². The minimum absolute atomic E-state index is 0.187. The van der Waals surface area contributed by atoms with Crippen LogP contribution in [0.25, 0.3) is 6.08 Å². The average molecular weight is 435 g/mol. The third-order valence-corrected chi connectivity index (χ3v) is 6.94. The predicted octanol–water partition coefficient (Wildman–Crippen LogP) is 4.10. The SMILES string of the molecule is COc1ccccc1/C=C/C(=O)Nc1ccc(S(=O)(=O)N2CCc3ccccc32)cc1. The van der Waals surface area contributed by atoms with Crippen LogP contribution in [0.5, 0.6) is 5.75 Å². The summed E-state index contributed by atoms with van der Waals surface area (Å²) in [4.78, 5) is 12.4. The zero-order valence-corrected chi connectivity index (χ0v) is 17.8. The molecule has 3 aromatic rings. The van der Waals surface area contributed by atoms with E-state index in [2.05, 4.69) is 5.32 Å². The van der Waals surface area contributed by atoms with Gasteiger partial charge in [0.15, 0.2) is 0 Å². The van der Waals surface area contributed by atoms with E-state index in [-0.39, 0.29) is 10.8 Å². The first kappa shape index (κ1) is 20.7. The molecule has 1 N–H and O–H groups in total. The molecule has 0 aromatic heterocycles. The Morgan fingerprint density at radius 3 is 2.48 bits per heavy atom. The highest BCUT2D eigenvalue weighted by Crippen LogP contribution is 2.32. The van der Waals surface area contributed by atoms with Gasteiger partial charge in [-0.25, -0.2) is 8.42 Å². The van der Waals surface area contributed by atoms with Gasteiger partial charge in [0.1, 0.15) is 5.75 Å². The van der Waals surface area contributed by atoms with Crippen LogP contribution >= 0.6 is 0 Å². The molecule has 31 heavy (non-hydrogen) atoms. The molecule has 4 rings (SSSR count). The average Bonchev–Trinajstić information content (AvgIpc) is 3.23. The van der Waals surface area contributed by atoms with Crippen molar-refractivity contribution in [3.05, 3.63) is 90.0 Å². The third kappa shape index (κ3) is 4.32. The number of hydrogen-bond donors (Lipinski definition) is 1. The van der Waals surface area contributed by atoms with E-state index in [4.69, 9.17) is 4.74 Å². The Morgan fingerprint density at radius 1 is 1.00 bits per heavy atom. The van der Waals surface area contributed by atoms with Gasteiger partial charge in [-0.15, -0.1) is 0 Å². The lowest BCUT2D eigenvalue weighted by molar-refractivity contribution is -0.111. The van der Waals surface area contributed by atoms with Gasteiger partial charge in [-0.05, 0) is 54.5 Å². The van der Waals surface area contributed by atoms with Crippen molar-refractivity contribution in [3.63, 3.8) is 0 Å². The highest BCUT2D eigenvalue weighted by atomic mass is 32.2. The summed E-state index contributed by atoms with van der Waals surface area (Å²) in [6.07, 6.45) is 3.77. The quantitative estimate of drug-likeness (QED) is 0.593. The lowest BCUT2D eigenvalue weighted by atomic mass is 10.2. The van der Waals surface area contributed by atoms with E-state index in [1.807, 2.05) is 48.5 Å². The van der Waals surface area contributed by atoms with Gasteiger partial charge in [0.05, 0.1) is 17.7 Å². The summed E-state index contributed by atoms with van der Waals surface area (Å²) >= 11 is 0. The molecule has 0 spiro atoms. The van der Waals surface area contributed by atoms with E-state index in [1.165, 1.54) is 22.5 Å². The second kappa shape index (κ2) is 8.65. The minimum atomic E-state index is -3.66. The first-order valence-corrected chi connectivity index (χ1v) is 11.3. The summed E-state index contributed by atoms with van der Waals surface area (Å²) in [7, 11) is -2.09. The lowest BCUT2D eigenvalue weighted by Crippen LogP contribution is -2.29. The van der Waals surface area contributed by atoms with Crippen molar-refractivity contribution < 1.29 is 17.9 Å². The summed E-state index contributed by atoms with van der Waals surface area (Å²) in [5, 5.41) is 2.74.